The Labute approximate surface area is 94.7 Å². The predicted octanol–water partition coefficient (Wildman–Crippen LogP) is 2.29. The molecule has 0 aromatic carbocycles. The topological polar surface area (TPSA) is 16.1 Å². The molecule has 16 heavy (non-hydrogen) atoms. The molecule has 1 aromatic rings. The Bertz CT molecular complexity index is 358. The summed E-state index contributed by atoms with van der Waals surface area (Å²) < 4.78 is 51.6. The molecule has 0 unspecified atom stereocenters. The van der Waals surface area contributed by atoms with E-state index in [2.05, 4.69) is 4.98 Å². The van der Waals surface area contributed by atoms with E-state index < -0.39 is 28.4 Å². The molecule has 1 heterocycles. The molecule has 0 fully saturated rings. The van der Waals surface area contributed by atoms with Crippen molar-refractivity contribution < 1.29 is 17.6 Å². The van der Waals surface area contributed by atoms with Crippen molar-refractivity contribution in [3.05, 3.63) is 23.5 Å². The minimum absolute atomic E-state index is 0.323. The molecule has 1 rings (SSSR count). The van der Waals surface area contributed by atoms with Crippen LogP contribution in [0.1, 0.15) is 0 Å². The average molecular weight is 254 g/mol. The Kier molecular flexibility index (Phi) is 4.55. The van der Waals surface area contributed by atoms with Crippen LogP contribution >= 0.6 is 11.8 Å². The molecule has 0 saturated heterocycles. The molecule has 0 aliphatic rings. The second kappa shape index (κ2) is 5.49. The van der Waals surface area contributed by atoms with Crippen LogP contribution in [0.3, 0.4) is 0 Å². The summed E-state index contributed by atoms with van der Waals surface area (Å²) in [6.07, 6.45) is 0. The molecule has 2 nitrogen and oxygen atoms in total. The van der Waals surface area contributed by atoms with E-state index in [4.69, 9.17) is 0 Å². The fraction of sp³-hybridized carbons (Fsp3) is 0.444. The van der Waals surface area contributed by atoms with Crippen LogP contribution in [-0.4, -0.2) is 36.3 Å². The Balaban J connectivity index is 2.86. The van der Waals surface area contributed by atoms with Crippen molar-refractivity contribution in [1.29, 1.82) is 0 Å². The third-order valence-corrected chi connectivity index (χ3v) is 2.78. The van der Waals surface area contributed by atoms with Crippen molar-refractivity contribution in [2.45, 2.75) is 4.90 Å². The monoisotopic (exact) mass is 254 g/mol. The second-order valence-corrected chi connectivity index (χ2v) is 4.41. The minimum Gasteiger partial charge on any atom is -0.309 e. The summed E-state index contributed by atoms with van der Waals surface area (Å²) in [4.78, 5) is 3.60. The minimum atomic E-state index is -1.62. The van der Waals surface area contributed by atoms with E-state index in [-0.39, 0.29) is 0 Å². The highest BCUT2D eigenvalue weighted by atomic mass is 32.2. The van der Waals surface area contributed by atoms with Gasteiger partial charge >= 0.3 is 0 Å². The Morgan fingerprint density at radius 1 is 1.06 bits per heavy atom. The summed E-state index contributed by atoms with van der Waals surface area (Å²) in [5.74, 6) is -5.80. The van der Waals surface area contributed by atoms with Crippen molar-refractivity contribution in [1.82, 2.24) is 9.88 Å². The molecule has 0 atom stereocenters. The van der Waals surface area contributed by atoms with Crippen molar-refractivity contribution in [2.24, 2.45) is 0 Å². The first-order valence-corrected chi connectivity index (χ1v) is 5.39. The van der Waals surface area contributed by atoms with E-state index in [9.17, 15) is 17.6 Å². The molecule has 0 aliphatic heterocycles. The summed E-state index contributed by atoms with van der Waals surface area (Å²) in [6, 6.07) is 0. The van der Waals surface area contributed by atoms with Crippen molar-refractivity contribution >= 4 is 11.8 Å². The van der Waals surface area contributed by atoms with Crippen LogP contribution < -0.4 is 0 Å². The molecule has 90 valence electrons. The number of rotatable bonds is 4. The van der Waals surface area contributed by atoms with E-state index in [1.54, 1.807) is 19.0 Å². The molecule has 0 spiro atoms. The molecule has 7 heteroatoms. The fourth-order valence-corrected chi connectivity index (χ4v) is 2.01. The quantitative estimate of drug-likeness (QED) is 0.466. The summed E-state index contributed by atoms with van der Waals surface area (Å²) in [5.41, 5.74) is 0. The van der Waals surface area contributed by atoms with Crippen LogP contribution in [0.25, 0.3) is 0 Å². The van der Waals surface area contributed by atoms with Gasteiger partial charge in [-0.05, 0) is 14.1 Å². The average Bonchev–Trinajstić information content (AvgIpc) is 2.20. The molecule has 1 aromatic heterocycles. The lowest BCUT2D eigenvalue weighted by atomic mass is 10.4. The molecule has 0 radical (unpaired) electrons. The number of pyridine rings is 1. The first-order chi connectivity index (χ1) is 7.43. The van der Waals surface area contributed by atoms with Gasteiger partial charge in [0.15, 0.2) is 11.6 Å². The zero-order valence-electron chi connectivity index (χ0n) is 8.73. The normalized spacial score (nSPS) is 11.2. The number of nitrogens with zero attached hydrogens (tertiary/aromatic N) is 2. The van der Waals surface area contributed by atoms with Gasteiger partial charge < -0.3 is 4.90 Å². The highest BCUT2D eigenvalue weighted by molar-refractivity contribution is 7.99. The maximum absolute atomic E-state index is 13.1. The van der Waals surface area contributed by atoms with Crippen molar-refractivity contribution in [3.63, 3.8) is 0 Å². The maximum atomic E-state index is 13.1. The van der Waals surface area contributed by atoms with Gasteiger partial charge in [-0.15, -0.1) is 11.8 Å². The van der Waals surface area contributed by atoms with Crippen LogP contribution in [-0.2, 0) is 0 Å². The smallest absolute Gasteiger partial charge is 0.252 e. The molecule has 0 N–H and O–H groups in total. The van der Waals surface area contributed by atoms with Gasteiger partial charge in [-0.2, -0.15) is 13.8 Å². The predicted molar refractivity (Wildman–Crippen MR) is 53.3 cm³/mol. The number of hydrogen-bond donors (Lipinski definition) is 0. The summed E-state index contributed by atoms with van der Waals surface area (Å²) in [7, 11) is 3.56. The lowest BCUT2D eigenvalue weighted by Crippen LogP contribution is -2.15. The lowest BCUT2D eigenvalue weighted by Gasteiger charge is -2.09. The van der Waals surface area contributed by atoms with E-state index in [0.717, 1.165) is 11.8 Å². The van der Waals surface area contributed by atoms with Crippen molar-refractivity contribution in [2.75, 3.05) is 26.4 Å². The second-order valence-electron chi connectivity index (χ2n) is 3.30. The SMILES string of the molecule is CN(C)CCSc1c(F)c(F)nc(F)c1F. The van der Waals surface area contributed by atoms with Crippen LogP contribution in [0.5, 0.6) is 0 Å². The van der Waals surface area contributed by atoms with E-state index in [1.807, 2.05) is 0 Å². The van der Waals surface area contributed by atoms with Gasteiger partial charge in [0.05, 0.1) is 4.90 Å². The third-order valence-electron chi connectivity index (χ3n) is 1.74. The van der Waals surface area contributed by atoms with Crippen LogP contribution in [0, 0.1) is 23.5 Å². The van der Waals surface area contributed by atoms with Crippen LogP contribution in [0.15, 0.2) is 4.90 Å². The molecular weight excluding hydrogens is 244 g/mol. The van der Waals surface area contributed by atoms with Crippen molar-refractivity contribution in [3.8, 4) is 0 Å². The highest BCUT2D eigenvalue weighted by Gasteiger charge is 2.20. The van der Waals surface area contributed by atoms with Crippen LogP contribution in [0.4, 0.5) is 17.6 Å². The van der Waals surface area contributed by atoms with E-state index in [1.165, 1.54) is 0 Å². The third kappa shape index (κ3) is 3.08. The van der Waals surface area contributed by atoms with Gasteiger partial charge in [0, 0.05) is 12.3 Å². The van der Waals surface area contributed by atoms with Crippen LogP contribution in [0.2, 0.25) is 0 Å². The van der Waals surface area contributed by atoms with Gasteiger partial charge in [0.2, 0.25) is 0 Å². The number of aromatic nitrogens is 1. The maximum Gasteiger partial charge on any atom is 0.252 e. The first kappa shape index (κ1) is 13.2. The van der Waals surface area contributed by atoms with E-state index in [0.29, 0.717) is 12.3 Å². The first-order valence-electron chi connectivity index (χ1n) is 4.41. The van der Waals surface area contributed by atoms with Gasteiger partial charge in [0.1, 0.15) is 0 Å². The molecular formula is C9H10F4N2S. The largest absolute Gasteiger partial charge is 0.309 e. The van der Waals surface area contributed by atoms with Gasteiger partial charge in [-0.1, -0.05) is 0 Å². The zero-order chi connectivity index (χ0) is 12.3. The summed E-state index contributed by atoms with van der Waals surface area (Å²) in [5, 5.41) is 0. The number of halogens is 4. The summed E-state index contributed by atoms with van der Waals surface area (Å²) in [6.45, 7) is 0.537. The standard InChI is InChI=1S/C9H10F4N2S/c1-15(2)3-4-16-7-5(10)8(12)14-9(13)6(7)11/h3-4H2,1-2H3. The number of hydrogen-bond acceptors (Lipinski definition) is 3. The lowest BCUT2D eigenvalue weighted by molar-refractivity contribution is 0.383. The van der Waals surface area contributed by atoms with Gasteiger partial charge in [-0.3, -0.25) is 0 Å². The Morgan fingerprint density at radius 2 is 1.56 bits per heavy atom. The summed E-state index contributed by atoms with van der Waals surface area (Å²) >= 11 is 0.719. The zero-order valence-corrected chi connectivity index (χ0v) is 9.55. The molecule has 0 bridgehead atoms. The molecule has 0 saturated carbocycles. The van der Waals surface area contributed by atoms with Gasteiger partial charge in [0.25, 0.3) is 11.9 Å². The fourth-order valence-electron chi connectivity index (χ4n) is 0.925. The Morgan fingerprint density at radius 3 is 2.00 bits per heavy atom. The molecule has 0 aliphatic carbocycles. The molecule has 0 amide bonds. The van der Waals surface area contributed by atoms with Gasteiger partial charge in [-0.25, -0.2) is 8.78 Å². The number of thioether (sulfide) groups is 1. The highest BCUT2D eigenvalue weighted by Crippen LogP contribution is 2.27. The Hall–Kier alpha value is -0.820. The van der Waals surface area contributed by atoms with E-state index >= 15 is 0 Å².